The van der Waals surface area contributed by atoms with E-state index in [4.69, 9.17) is 0 Å². The lowest BCUT2D eigenvalue weighted by atomic mass is 9.92. The Morgan fingerprint density at radius 3 is 2.96 bits per heavy atom. The number of hydrogen-bond donors (Lipinski definition) is 1. The molecule has 1 aliphatic heterocycles. The molecule has 0 spiro atoms. The van der Waals surface area contributed by atoms with Gasteiger partial charge in [0.15, 0.2) is 0 Å². The highest BCUT2D eigenvalue weighted by Gasteiger charge is 2.35. The summed E-state index contributed by atoms with van der Waals surface area (Å²) >= 11 is 0. The van der Waals surface area contributed by atoms with Crippen molar-refractivity contribution in [2.24, 2.45) is 0 Å². The zero-order chi connectivity index (χ0) is 18.4. The van der Waals surface area contributed by atoms with Gasteiger partial charge in [0.05, 0.1) is 24.7 Å². The number of carbonyl (C=O) groups excluding carboxylic acids is 1. The lowest BCUT2D eigenvalue weighted by Gasteiger charge is -2.41. The van der Waals surface area contributed by atoms with Crippen LogP contribution in [0.5, 0.6) is 0 Å². The van der Waals surface area contributed by atoms with Crippen molar-refractivity contribution in [1.82, 2.24) is 24.4 Å². The smallest absolute Gasteiger partial charge is 0.222 e. The molecule has 3 heterocycles. The Morgan fingerprint density at radius 2 is 2.23 bits per heavy atom. The molecule has 1 aliphatic rings. The van der Waals surface area contributed by atoms with E-state index < -0.39 is 5.60 Å². The number of amides is 1. The summed E-state index contributed by atoms with van der Waals surface area (Å²) in [6.45, 7) is 2.39. The molecule has 0 radical (unpaired) electrons. The summed E-state index contributed by atoms with van der Waals surface area (Å²) in [4.78, 5) is 28.5. The van der Waals surface area contributed by atoms with E-state index in [1.807, 2.05) is 15.7 Å². The number of piperidine rings is 1. The van der Waals surface area contributed by atoms with Gasteiger partial charge in [-0.3, -0.25) is 9.78 Å². The molecule has 3 rings (SSSR count). The van der Waals surface area contributed by atoms with E-state index in [2.05, 4.69) is 15.0 Å². The average molecular weight is 358 g/mol. The quantitative estimate of drug-likeness (QED) is 0.793. The molecule has 26 heavy (non-hydrogen) atoms. The fourth-order valence-electron chi connectivity index (χ4n) is 3.44. The number of likely N-dealkylation sites (N-methyl/N-ethyl adjacent to an activating group) is 1. The normalized spacial score (nSPS) is 20.2. The van der Waals surface area contributed by atoms with Crippen molar-refractivity contribution >= 4 is 11.7 Å². The Kier molecular flexibility index (Phi) is 5.82. The van der Waals surface area contributed by atoms with Gasteiger partial charge in [-0.05, 0) is 19.3 Å². The average Bonchev–Trinajstić information content (AvgIpc) is 3.15. The maximum Gasteiger partial charge on any atom is 0.222 e. The standard InChI is InChI=1S/C18H26N6O2/c1-22(17(25)4-2-9-23-11-8-20-15-23)13-18(26)5-3-10-24(14-18)16-12-19-6-7-21-16/h6-8,11-12,15,26H,2-5,9-10,13-14H2,1H3/t18-/m0/s1. The number of β-amino-alcohol motifs (C(OH)–C–C–N with tert-alkyl or cyclic N) is 1. The van der Waals surface area contributed by atoms with Crippen molar-refractivity contribution in [1.29, 1.82) is 0 Å². The highest BCUT2D eigenvalue weighted by molar-refractivity contribution is 5.75. The molecule has 1 amide bonds. The van der Waals surface area contributed by atoms with Gasteiger partial charge in [0.25, 0.3) is 0 Å². The van der Waals surface area contributed by atoms with Gasteiger partial charge in [-0.25, -0.2) is 9.97 Å². The number of aliphatic hydroxyl groups is 1. The number of anilines is 1. The van der Waals surface area contributed by atoms with Gasteiger partial charge >= 0.3 is 0 Å². The molecular weight excluding hydrogens is 332 g/mol. The second-order valence-electron chi connectivity index (χ2n) is 6.97. The molecule has 0 saturated carbocycles. The molecule has 0 aliphatic carbocycles. The van der Waals surface area contributed by atoms with Crippen LogP contribution in [0.4, 0.5) is 5.82 Å². The second-order valence-corrected chi connectivity index (χ2v) is 6.97. The zero-order valence-electron chi connectivity index (χ0n) is 15.2. The molecule has 8 nitrogen and oxygen atoms in total. The van der Waals surface area contributed by atoms with Crippen LogP contribution < -0.4 is 4.90 Å². The van der Waals surface area contributed by atoms with Gasteiger partial charge in [0, 0.05) is 57.9 Å². The van der Waals surface area contributed by atoms with Crippen molar-refractivity contribution in [3.05, 3.63) is 37.3 Å². The highest BCUT2D eigenvalue weighted by Crippen LogP contribution is 2.25. The minimum atomic E-state index is -0.926. The summed E-state index contributed by atoms with van der Waals surface area (Å²) in [5, 5.41) is 11.0. The van der Waals surface area contributed by atoms with Crippen LogP contribution in [0.25, 0.3) is 0 Å². The molecular formula is C18H26N6O2. The monoisotopic (exact) mass is 358 g/mol. The number of aromatic nitrogens is 4. The van der Waals surface area contributed by atoms with Gasteiger partial charge in [0.2, 0.25) is 5.91 Å². The third-order valence-electron chi connectivity index (χ3n) is 4.75. The lowest BCUT2D eigenvalue weighted by molar-refractivity contribution is -0.133. The van der Waals surface area contributed by atoms with E-state index >= 15 is 0 Å². The van der Waals surface area contributed by atoms with Crippen LogP contribution in [0.15, 0.2) is 37.3 Å². The minimum Gasteiger partial charge on any atom is -0.386 e. The van der Waals surface area contributed by atoms with Gasteiger partial charge in [-0.1, -0.05) is 0 Å². The molecule has 0 bridgehead atoms. The van der Waals surface area contributed by atoms with Gasteiger partial charge in [0.1, 0.15) is 5.82 Å². The summed E-state index contributed by atoms with van der Waals surface area (Å²) in [7, 11) is 1.76. The molecule has 1 saturated heterocycles. The van der Waals surface area contributed by atoms with Crippen molar-refractivity contribution in [3.63, 3.8) is 0 Å². The van der Waals surface area contributed by atoms with Gasteiger partial charge in [-0.15, -0.1) is 0 Å². The number of carbonyl (C=O) groups is 1. The number of imidazole rings is 1. The predicted octanol–water partition coefficient (Wildman–Crippen LogP) is 0.943. The Balaban J connectivity index is 1.50. The lowest BCUT2D eigenvalue weighted by Crippen LogP contribution is -2.54. The summed E-state index contributed by atoms with van der Waals surface area (Å²) < 4.78 is 1.96. The topological polar surface area (TPSA) is 87.4 Å². The second kappa shape index (κ2) is 8.27. The number of hydrogen-bond acceptors (Lipinski definition) is 6. The van der Waals surface area contributed by atoms with Crippen molar-refractivity contribution in [3.8, 4) is 0 Å². The van der Waals surface area contributed by atoms with E-state index in [1.165, 1.54) is 0 Å². The summed E-state index contributed by atoms with van der Waals surface area (Å²) in [6.07, 6.45) is 13.1. The zero-order valence-corrected chi connectivity index (χ0v) is 15.2. The predicted molar refractivity (Wildman–Crippen MR) is 97.5 cm³/mol. The van der Waals surface area contributed by atoms with E-state index in [9.17, 15) is 9.90 Å². The number of rotatable bonds is 7. The van der Waals surface area contributed by atoms with E-state index in [-0.39, 0.29) is 5.91 Å². The first kappa shape index (κ1) is 18.3. The van der Waals surface area contributed by atoms with Crippen molar-refractivity contribution in [2.75, 3.05) is 31.6 Å². The molecule has 1 fully saturated rings. The van der Waals surface area contributed by atoms with Crippen LogP contribution in [-0.2, 0) is 11.3 Å². The van der Waals surface area contributed by atoms with E-state index in [0.29, 0.717) is 25.9 Å². The molecule has 2 aromatic heterocycles. The fraction of sp³-hybridized carbons (Fsp3) is 0.556. The maximum absolute atomic E-state index is 12.4. The van der Waals surface area contributed by atoms with Crippen molar-refractivity contribution in [2.45, 2.75) is 37.8 Å². The number of aryl methyl sites for hydroxylation is 1. The Hall–Kier alpha value is -2.48. The molecule has 0 unspecified atom stereocenters. The minimum absolute atomic E-state index is 0.0511. The van der Waals surface area contributed by atoms with Crippen LogP contribution in [0.3, 0.4) is 0 Å². The van der Waals surface area contributed by atoms with Crippen LogP contribution in [0.1, 0.15) is 25.7 Å². The van der Waals surface area contributed by atoms with E-state index in [0.717, 1.165) is 31.7 Å². The van der Waals surface area contributed by atoms with Gasteiger partial charge in [-0.2, -0.15) is 0 Å². The first-order chi connectivity index (χ1) is 12.6. The Labute approximate surface area is 153 Å². The molecule has 0 aromatic carbocycles. The molecule has 1 atom stereocenters. The van der Waals surface area contributed by atoms with Crippen LogP contribution in [0.2, 0.25) is 0 Å². The Morgan fingerprint density at radius 1 is 1.35 bits per heavy atom. The van der Waals surface area contributed by atoms with Gasteiger partial charge < -0.3 is 19.5 Å². The molecule has 1 N–H and O–H groups in total. The summed E-state index contributed by atoms with van der Waals surface area (Å²) in [5.41, 5.74) is -0.926. The largest absolute Gasteiger partial charge is 0.386 e. The SMILES string of the molecule is CN(C[C@@]1(O)CCCN(c2cnccn2)C1)C(=O)CCCn1ccnc1. The third kappa shape index (κ3) is 4.78. The fourth-order valence-corrected chi connectivity index (χ4v) is 3.44. The first-order valence-corrected chi connectivity index (χ1v) is 8.99. The van der Waals surface area contributed by atoms with Crippen LogP contribution in [-0.4, -0.2) is 67.7 Å². The van der Waals surface area contributed by atoms with E-state index in [1.54, 1.807) is 43.1 Å². The molecule has 8 heteroatoms. The molecule has 2 aromatic rings. The first-order valence-electron chi connectivity index (χ1n) is 8.99. The molecule has 140 valence electrons. The third-order valence-corrected chi connectivity index (χ3v) is 4.75. The maximum atomic E-state index is 12.4. The number of nitrogens with zero attached hydrogens (tertiary/aromatic N) is 6. The highest BCUT2D eigenvalue weighted by atomic mass is 16.3. The Bertz CT molecular complexity index is 693. The summed E-state index contributed by atoms with van der Waals surface area (Å²) in [5.74, 6) is 0.815. The van der Waals surface area contributed by atoms with Crippen LogP contribution in [0, 0.1) is 0 Å². The van der Waals surface area contributed by atoms with Crippen molar-refractivity contribution < 1.29 is 9.90 Å². The van der Waals surface area contributed by atoms with Crippen LogP contribution >= 0.6 is 0 Å². The summed E-state index contributed by atoms with van der Waals surface area (Å²) in [6, 6.07) is 0.